The summed E-state index contributed by atoms with van der Waals surface area (Å²) in [7, 11) is 3.93. The predicted octanol–water partition coefficient (Wildman–Crippen LogP) is 3.39. The van der Waals surface area contributed by atoms with Crippen LogP contribution in [0.25, 0.3) is 0 Å². The van der Waals surface area contributed by atoms with E-state index in [4.69, 9.17) is 4.42 Å². The van der Waals surface area contributed by atoms with Gasteiger partial charge in [0.05, 0.1) is 18.3 Å². The Morgan fingerprint density at radius 1 is 1.36 bits per heavy atom. The molecule has 0 saturated carbocycles. The van der Waals surface area contributed by atoms with Crippen molar-refractivity contribution in [2.24, 2.45) is 0 Å². The SMILES string of the molecule is CCC(NC(=O)NCC(c1ccco1)N(C)C)c1cccs1. The summed E-state index contributed by atoms with van der Waals surface area (Å²) in [5.74, 6) is 0.843. The molecule has 0 fully saturated rings. The maximum atomic E-state index is 12.1. The minimum atomic E-state index is -0.154. The molecule has 120 valence electrons. The van der Waals surface area contributed by atoms with E-state index in [1.165, 1.54) is 4.88 Å². The van der Waals surface area contributed by atoms with Gasteiger partial charge >= 0.3 is 6.03 Å². The van der Waals surface area contributed by atoms with Crippen molar-refractivity contribution < 1.29 is 9.21 Å². The summed E-state index contributed by atoms with van der Waals surface area (Å²) >= 11 is 1.66. The average molecular weight is 321 g/mol. The Morgan fingerprint density at radius 2 is 2.18 bits per heavy atom. The first-order valence-corrected chi connectivity index (χ1v) is 8.27. The standard InChI is InChI=1S/C16H23N3O2S/c1-4-12(15-8-6-10-22-15)18-16(20)17-11-13(19(2)3)14-7-5-9-21-14/h5-10,12-13H,4,11H2,1-3H3,(H2,17,18,20). The van der Waals surface area contributed by atoms with Crippen LogP contribution < -0.4 is 10.6 Å². The van der Waals surface area contributed by atoms with Crippen molar-refractivity contribution in [3.63, 3.8) is 0 Å². The van der Waals surface area contributed by atoms with Crippen molar-refractivity contribution in [1.29, 1.82) is 0 Å². The maximum absolute atomic E-state index is 12.1. The number of amides is 2. The van der Waals surface area contributed by atoms with Crippen molar-refractivity contribution in [3.05, 3.63) is 46.5 Å². The smallest absolute Gasteiger partial charge is 0.315 e. The fourth-order valence-corrected chi connectivity index (χ4v) is 3.14. The fourth-order valence-electron chi connectivity index (χ4n) is 2.28. The predicted molar refractivity (Wildman–Crippen MR) is 89.0 cm³/mol. The van der Waals surface area contributed by atoms with Crippen LogP contribution in [-0.2, 0) is 0 Å². The van der Waals surface area contributed by atoms with Crippen LogP contribution in [0.1, 0.15) is 36.1 Å². The molecule has 0 saturated heterocycles. The van der Waals surface area contributed by atoms with Gasteiger partial charge in [-0.1, -0.05) is 13.0 Å². The summed E-state index contributed by atoms with van der Waals surface area (Å²) < 4.78 is 5.44. The first-order valence-electron chi connectivity index (χ1n) is 7.39. The number of hydrogen-bond donors (Lipinski definition) is 2. The largest absolute Gasteiger partial charge is 0.468 e. The van der Waals surface area contributed by atoms with Crippen LogP contribution in [0.3, 0.4) is 0 Å². The molecule has 2 rings (SSSR count). The summed E-state index contributed by atoms with van der Waals surface area (Å²) in [4.78, 5) is 15.3. The van der Waals surface area contributed by atoms with Gasteiger partial charge in [0.2, 0.25) is 0 Å². The molecule has 0 spiro atoms. The molecule has 2 atom stereocenters. The van der Waals surface area contributed by atoms with Gasteiger partial charge in [-0.15, -0.1) is 11.3 Å². The second kappa shape index (κ2) is 8.00. The van der Waals surface area contributed by atoms with E-state index < -0.39 is 0 Å². The zero-order chi connectivity index (χ0) is 15.9. The highest BCUT2D eigenvalue weighted by Gasteiger charge is 2.19. The van der Waals surface area contributed by atoms with Crippen LogP contribution in [-0.4, -0.2) is 31.6 Å². The highest BCUT2D eigenvalue weighted by Crippen LogP contribution is 2.21. The second-order valence-corrected chi connectivity index (χ2v) is 6.30. The minimum Gasteiger partial charge on any atom is -0.468 e. The van der Waals surface area contributed by atoms with Crippen molar-refractivity contribution in [2.45, 2.75) is 25.4 Å². The van der Waals surface area contributed by atoms with Gasteiger partial charge in [0.25, 0.3) is 0 Å². The molecule has 0 aliphatic rings. The molecule has 2 amide bonds. The van der Waals surface area contributed by atoms with E-state index in [0.29, 0.717) is 6.54 Å². The van der Waals surface area contributed by atoms with Crippen LogP contribution in [0, 0.1) is 0 Å². The van der Waals surface area contributed by atoms with E-state index in [0.717, 1.165) is 12.2 Å². The molecule has 2 aromatic rings. The normalized spacial score (nSPS) is 13.8. The molecular formula is C16H23N3O2S. The summed E-state index contributed by atoms with van der Waals surface area (Å²) in [6.45, 7) is 2.56. The fraction of sp³-hybridized carbons (Fsp3) is 0.438. The molecule has 2 heterocycles. The Balaban J connectivity index is 1.88. The van der Waals surface area contributed by atoms with Gasteiger partial charge in [-0.2, -0.15) is 0 Å². The van der Waals surface area contributed by atoms with Crippen molar-refractivity contribution >= 4 is 17.4 Å². The third-order valence-electron chi connectivity index (χ3n) is 3.55. The Hall–Kier alpha value is -1.79. The molecule has 6 heteroatoms. The average Bonchev–Trinajstić information content (AvgIpc) is 3.17. The van der Waals surface area contributed by atoms with Gasteiger partial charge in [0, 0.05) is 11.4 Å². The molecule has 2 N–H and O–H groups in total. The zero-order valence-corrected chi connectivity index (χ0v) is 14.0. The van der Waals surface area contributed by atoms with E-state index in [2.05, 4.69) is 17.6 Å². The molecular weight excluding hydrogens is 298 g/mol. The maximum Gasteiger partial charge on any atom is 0.315 e. The van der Waals surface area contributed by atoms with Gasteiger partial charge in [-0.3, -0.25) is 4.90 Å². The van der Waals surface area contributed by atoms with Gasteiger partial charge in [0.1, 0.15) is 5.76 Å². The number of urea groups is 1. The Morgan fingerprint density at radius 3 is 2.73 bits per heavy atom. The second-order valence-electron chi connectivity index (χ2n) is 5.33. The first-order chi connectivity index (χ1) is 10.6. The highest BCUT2D eigenvalue weighted by atomic mass is 32.1. The molecule has 22 heavy (non-hydrogen) atoms. The van der Waals surface area contributed by atoms with E-state index in [1.54, 1.807) is 17.6 Å². The van der Waals surface area contributed by atoms with Crippen LogP contribution >= 0.6 is 11.3 Å². The Labute approximate surface area is 135 Å². The number of rotatable bonds is 7. The van der Waals surface area contributed by atoms with Gasteiger partial charge in [0.15, 0.2) is 0 Å². The van der Waals surface area contributed by atoms with Crippen LogP contribution in [0.15, 0.2) is 40.3 Å². The van der Waals surface area contributed by atoms with E-state index in [9.17, 15) is 4.79 Å². The number of likely N-dealkylation sites (N-methyl/N-ethyl adjacent to an activating group) is 1. The number of furan rings is 1. The topological polar surface area (TPSA) is 57.5 Å². The van der Waals surface area contributed by atoms with Crippen molar-refractivity contribution in [1.82, 2.24) is 15.5 Å². The van der Waals surface area contributed by atoms with Crippen LogP contribution in [0.4, 0.5) is 4.79 Å². The lowest BCUT2D eigenvalue weighted by Crippen LogP contribution is -2.41. The van der Waals surface area contributed by atoms with Gasteiger partial charge in [-0.25, -0.2) is 4.79 Å². The van der Waals surface area contributed by atoms with Crippen molar-refractivity contribution in [2.75, 3.05) is 20.6 Å². The summed E-state index contributed by atoms with van der Waals surface area (Å²) in [5.41, 5.74) is 0. The number of hydrogen-bond acceptors (Lipinski definition) is 4. The molecule has 0 bridgehead atoms. The third-order valence-corrected chi connectivity index (χ3v) is 4.54. The molecule has 2 aromatic heterocycles. The molecule has 5 nitrogen and oxygen atoms in total. The summed E-state index contributed by atoms with van der Waals surface area (Å²) in [6, 6.07) is 7.74. The monoisotopic (exact) mass is 321 g/mol. The Kier molecular flexibility index (Phi) is 6.03. The number of nitrogens with zero attached hydrogens (tertiary/aromatic N) is 1. The van der Waals surface area contributed by atoms with Crippen LogP contribution in [0.2, 0.25) is 0 Å². The first kappa shape index (κ1) is 16.6. The lowest BCUT2D eigenvalue weighted by atomic mass is 10.2. The minimum absolute atomic E-state index is 0.0163. The van der Waals surface area contributed by atoms with Gasteiger partial charge < -0.3 is 15.1 Å². The molecule has 0 radical (unpaired) electrons. The molecule has 0 aromatic carbocycles. The number of thiophene rings is 1. The van der Waals surface area contributed by atoms with E-state index in [1.807, 2.05) is 48.6 Å². The third kappa shape index (κ3) is 4.35. The summed E-state index contributed by atoms with van der Waals surface area (Å²) in [6.07, 6.45) is 2.51. The summed E-state index contributed by atoms with van der Waals surface area (Å²) in [5, 5.41) is 7.98. The number of carbonyl (C=O) groups is 1. The van der Waals surface area contributed by atoms with E-state index >= 15 is 0 Å². The zero-order valence-electron chi connectivity index (χ0n) is 13.2. The number of nitrogens with one attached hydrogen (secondary N) is 2. The molecule has 2 unspecified atom stereocenters. The Bertz CT molecular complexity index is 552. The van der Waals surface area contributed by atoms with Crippen molar-refractivity contribution in [3.8, 4) is 0 Å². The number of carbonyl (C=O) groups excluding carboxylic acids is 1. The lowest BCUT2D eigenvalue weighted by Gasteiger charge is -2.23. The highest BCUT2D eigenvalue weighted by molar-refractivity contribution is 7.10. The lowest BCUT2D eigenvalue weighted by molar-refractivity contribution is 0.222. The quantitative estimate of drug-likeness (QED) is 0.822. The van der Waals surface area contributed by atoms with Gasteiger partial charge in [-0.05, 0) is 44.1 Å². The van der Waals surface area contributed by atoms with E-state index in [-0.39, 0.29) is 18.1 Å². The van der Waals surface area contributed by atoms with Crippen LogP contribution in [0.5, 0.6) is 0 Å². The molecule has 0 aliphatic heterocycles. The molecule has 0 aliphatic carbocycles.